The second kappa shape index (κ2) is 11.6. The molecular weight excluding hydrogens is 460 g/mol. The van der Waals surface area contributed by atoms with Gasteiger partial charge in [-0.3, -0.25) is 19.3 Å². The zero-order chi connectivity index (χ0) is 24.8. The lowest BCUT2D eigenvalue weighted by atomic mass is 9.98. The van der Waals surface area contributed by atoms with Crippen LogP contribution in [0, 0.1) is 17.6 Å². The average Bonchev–Trinajstić information content (AvgIpc) is 2.95. The van der Waals surface area contributed by atoms with Crippen molar-refractivity contribution in [2.24, 2.45) is 11.7 Å². The highest BCUT2D eigenvalue weighted by atomic mass is 32.2. The normalized spacial score (nSPS) is 19.3. The Balaban J connectivity index is 2.04. The van der Waals surface area contributed by atoms with Crippen molar-refractivity contribution in [1.29, 1.82) is 0 Å². The summed E-state index contributed by atoms with van der Waals surface area (Å²) >= 11 is 1.46. The number of amides is 3. The standard InChI is InChI=1S/C25H29F2N3O3S/c1-15(2)10-20(28)25(33)30(21(31)13-16-11-18(26)14-19(27)12-16)22-23(17-6-4-3-5-7-17)34-9-8-29-24(22)32/h3-7,11-12,14-15,20,22-23H,8-10,13,28H2,1-2H3,(H,29,32)/t20-,22-,23+/m0/s1. The fourth-order valence-corrected chi connectivity index (χ4v) is 5.29. The smallest absolute Gasteiger partial charge is 0.246 e. The maximum absolute atomic E-state index is 13.7. The number of rotatable bonds is 7. The maximum Gasteiger partial charge on any atom is 0.246 e. The molecule has 2 aromatic carbocycles. The average molecular weight is 490 g/mol. The second-order valence-corrected chi connectivity index (χ2v) is 9.98. The highest BCUT2D eigenvalue weighted by Crippen LogP contribution is 2.37. The number of imide groups is 1. The SMILES string of the molecule is CC(C)C[C@H](N)C(=O)N(C(=O)Cc1cc(F)cc(F)c1)[C@@H]1C(=O)NCCS[C@@H]1c1ccccc1. The lowest BCUT2D eigenvalue weighted by Crippen LogP contribution is -2.58. The van der Waals surface area contributed by atoms with Crippen LogP contribution < -0.4 is 11.1 Å². The van der Waals surface area contributed by atoms with Gasteiger partial charge in [0, 0.05) is 18.4 Å². The molecular formula is C25H29F2N3O3S. The molecule has 1 fully saturated rings. The maximum atomic E-state index is 13.7. The Morgan fingerprint density at radius 3 is 2.41 bits per heavy atom. The number of nitrogens with zero attached hydrogens (tertiary/aromatic N) is 1. The van der Waals surface area contributed by atoms with Crippen LogP contribution in [0.5, 0.6) is 0 Å². The molecule has 9 heteroatoms. The van der Waals surface area contributed by atoms with Gasteiger partial charge >= 0.3 is 0 Å². The van der Waals surface area contributed by atoms with Crippen LogP contribution in [0.25, 0.3) is 0 Å². The lowest BCUT2D eigenvalue weighted by Gasteiger charge is -2.35. The fourth-order valence-electron chi connectivity index (χ4n) is 4.04. The van der Waals surface area contributed by atoms with E-state index in [1.165, 1.54) is 11.8 Å². The number of carbonyl (C=O) groups is 3. The first-order valence-corrected chi connectivity index (χ1v) is 12.2. The molecule has 0 aromatic heterocycles. The number of nitrogens with two attached hydrogens (primary N) is 1. The summed E-state index contributed by atoms with van der Waals surface area (Å²) in [4.78, 5) is 41.2. The zero-order valence-electron chi connectivity index (χ0n) is 19.2. The van der Waals surface area contributed by atoms with E-state index < -0.39 is 53.1 Å². The summed E-state index contributed by atoms with van der Waals surface area (Å²) in [7, 11) is 0. The van der Waals surface area contributed by atoms with E-state index in [4.69, 9.17) is 5.73 Å². The van der Waals surface area contributed by atoms with Crippen LogP contribution in [0.1, 0.15) is 36.6 Å². The molecule has 3 rings (SSSR count). The molecule has 1 heterocycles. The summed E-state index contributed by atoms with van der Waals surface area (Å²) in [6.45, 7) is 4.18. The van der Waals surface area contributed by atoms with Crippen molar-refractivity contribution in [2.45, 2.75) is 44.0 Å². The van der Waals surface area contributed by atoms with Crippen LogP contribution in [0.15, 0.2) is 48.5 Å². The summed E-state index contributed by atoms with van der Waals surface area (Å²) in [6, 6.07) is 9.77. The van der Waals surface area contributed by atoms with Crippen molar-refractivity contribution < 1.29 is 23.2 Å². The second-order valence-electron chi connectivity index (χ2n) is 8.73. The Kier molecular flexibility index (Phi) is 8.79. The molecule has 3 atom stereocenters. The summed E-state index contributed by atoms with van der Waals surface area (Å²) in [6.07, 6.45) is -0.139. The number of halogens is 2. The Hall–Kier alpha value is -2.78. The van der Waals surface area contributed by atoms with Gasteiger partial charge in [-0.05, 0) is 35.6 Å². The van der Waals surface area contributed by atoms with E-state index in [0.29, 0.717) is 24.8 Å². The quantitative estimate of drug-likeness (QED) is 0.623. The van der Waals surface area contributed by atoms with Crippen molar-refractivity contribution >= 4 is 29.5 Å². The third-order valence-corrected chi connectivity index (χ3v) is 6.82. The van der Waals surface area contributed by atoms with Crippen LogP contribution in [0.3, 0.4) is 0 Å². The van der Waals surface area contributed by atoms with Gasteiger partial charge in [-0.1, -0.05) is 44.2 Å². The van der Waals surface area contributed by atoms with Crippen LogP contribution >= 0.6 is 11.8 Å². The van der Waals surface area contributed by atoms with E-state index >= 15 is 0 Å². The van der Waals surface area contributed by atoms with E-state index in [1.54, 1.807) is 0 Å². The third-order valence-electron chi connectivity index (χ3n) is 5.49. The first kappa shape index (κ1) is 25.8. The van der Waals surface area contributed by atoms with E-state index in [9.17, 15) is 23.2 Å². The molecule has 0 saturated carbocycles. The largest absolute Gasteiger partial charge is 0.353 e. The van der Waals surface area contributed by atoms with Gasteiger partial charge in [0.25, 0.3) is 0 Å². The monoisotopic (exact) mass is 489 g/mol. The Morgan fingerprint density at radius 2 is 1.79 bits per heavy atom. The van der Waals surface area contributed by atoms with Crippen LogP contribution in [-0.2, 0) is 20.8 Å². The molecule has 3 N–H and O–H groups in total. The number of thioether (sulfide) groups is 1. The third kappa shape index (κ3) is 6.42. The van der Waals surface area contributed by atoms with Gasteiger partial charge in [0.2, 0.25) is 17.7 Å². The Labute approximate surface area is 202 Å². The number of nitrogens with one attached hydrogen (secondary N) is 1. The molecule has 0 bridgehead atoms. The first-order valence-electron chi connectivity index (χ1n) is 11.2. The van der Waals surface area contributed by atoms with Crippen LogP contribution in [0.2, 0.25) is 0 Å². The van der Waals surface area contributed by atoms with Gasteiger partial charge < -0.3 is 11.1 Å². The van der Waals surface area contributed by atoms with Gasteiger partial charge in [-0.25, -0.2) is 8.78 Å². The van der Waals surface area contributed by atoms with E-state index in [1.807, 2.05) is 44.2 Å². The fraction of sp³-hybridized carbons (Fsp3) is 0.400. The minimum atomic E-state index is -1.16. The summed E-state index contributed by atoms with van der Waals surface area (Å²) < 4.78 is 27.5. The molecule has 0 aliphatic carbocycles. The van der Waals surface area contributed by atoms with Crippen LogP contribution in [0.4, 0.5) is 8.78 Å². The van der Waals surface area contributed by atoms with Gasteiger partial charge in [-0.2, -0.15) is 0 Å². The molecule has 0 radical (unpaired) electrons. The van der Waals surface area contributed by atoms with E-state index in [0.717, 1.165) is 22.6 Å². The predicted octanol–water partition coefficient (Wildman–Crippen LogP) is 3.21. The number of hydrogen-bond acceptors (Lipinski definition) is 5. The van der Waals surface area contributed by atoms with Crippen LogP contribution in [-0.4, -0.2) is 47.0 Å². The zero-order valence-corrected chi connectivity index (χ0v) is 20.0. The minimum Gasteiger partial charge on any atom is -0.353 e. The van der Waals surface area contributed by atoms with E-state index in [-0.39, 0.29) is 11.5 Å². The molecule has 0 spiro atoms. The van der Waals surface area contributed by atoms with E-state index in [2.05, 4.69) is 5.32 Å². The predicted molar refractivity (Wildman–Crippen MR) is 128 cm³/mol. The minimum absolute atomic E-state index is 0.0654. The number of hydrogen-bond donors (Lipinski definition) is 2. The van der Waals surface area contributed by atoms with Gasteiger partial charge in [0.15, 0.2) is 0 Å². The molecule has 182 valence electrons. The summed E-state index contributed by atoms with van der Waals surface area (Å²) in [5.41, 5.74) is 7.02. The Morgan fingerprint density at radius 1 is 1.15 bits per heavy atom. The number of benzene rings is 2. The van der Waals surface area contributed by atoms with Gasteiger partial charge in [0.05, 0.1) is 17.7 Å². The first-order chi connectivity index (χ1) is 16.2. The lowest BCUT2D eigenvalue weighted by molar-refractivity contribution is -0.152. The Bertz CT molecular complexity index is 1020. The topological polar surface area (TPSA) is 92.5 Å². The number of carbonyl (C=O) groups excluding carboxylic acids is 3. The van der Waals surface area contributed by atoms with Crippen molar-refractivity contribution in [3.05, 3.63) is 71.3 Å². The molecule has 0 unspecified atom stereocenters. The van der Waals surface area contributed by atoms with Crippen molar-refractivity contribution in [2.75, 3.05) is 12.3 Å². The highest BCUT2D eigenvalue weighted by molar-refractivity contribution is 7.99. The molecule has 1 aliphatic heterocycles. The summed E-state index contributed by atoms with van der Waals surface area (Å²) in [5, 5.41) is 2.26. The molecule has 6 nitrogen and oxygen atoms in total. The molecule has 34 heavy (non-hydrogen) atoms. The summed E-state index contributed by atoms with van der Waals surface area (Å²) in [5.74, 6) is -2.88. The molecule has 1 aliphatic rings. The van der Waals surface area contributed by atoms with Crippen molar-refractivity contribution in [3.8, 4) is 0 Å². The van der Waals surface area contributed by atoms with Crippen molar-refractivity contribution in [1.82, 2.24) is 10.2 Å². The van der Waals surface area contributed by atoms with Gasteiger partial charge in [-0.15, -0.1) is 11.8 Å². The van der Waals surface area contributed by atoms with Gasteiger partial charge in [0.1, 0.15) is 17.7 Å². The van der Waals surface area contributed by atoms with Crippen molar-refractivity contribution in [3.63, 3.8) is 0 Å². The molecule has 2 aromatic rings. The molecule has 3 amide bonds. The molecule has 1 saturated heterocycles. The highest BCUT2D eigenvalue weighted by Gasteiger charge is 2.43.